The Hall–Kier alpha value is -3.82. The molecule has 1 aliphatic rings. The standard InChI is InChI=1S/C31H30Cl2FN9S/c1-31(2,3)42-8-6-21(7-9-42)43-15-26(40-41-43)30(27-16-44-17-37-27)39-20-10-22-28(38-19-4-5-25(34)23(32)11-19)18(13-35)14-36-29(22)24(33)12-20/h4-5,10-12,14-17,21,30,39H,6-9H2,1-3H3,(H,36,38)/t30-/m1/s1. The lowest BCUT2D eigenvalue weighted by molar-refractivity contribution is 0.0866. The highest BCUT2D eigenvalue weighted by molar-refractivity contribution is 7.07. The zero-order chi connectivity index (χ0) is 31.0. The van der Waals surface area contributed by atoms with Crippen LogP contribution in [0.5, 0.6) is 0 Å². The molecule has 2 N–H and O–H groups in total. The molecule has 4 heterocycles. The molecular formula is C31H30Cl2FN9S. The highest BCUT2D eigenvalue weighted by Crippen LogP contribution is 2.37. The van der Waals surface area contributed by atoms with E-state index in [4.69, 9.17) is 23.2 Å². The molecule has 1 saturated heterocycles. The van der Waals surface area contributed by atoms with Crippen molar-refractivity contribution in [3.63, 3.8) is 0 Å². The molecule has 3 aromatic heterocycles. The molecule has 9 nitrogen and oxygen atoms in total. The first kappa shape index (κ1) is 30.2. The predicted octanol–water partition coefficient (Wildman–Crippen LogP) is 7.98. The summed E-state index contributed by atoms with van der Waals surface area (Å²) in [4.78, 5) is 11.5. The second kappa shape index (κ2) is 12.3. The summed E-state index contributed by atoms with van der Waals surface area (Å²) in [6.45, 7) is 8.76. The number of benzene rings is 2. The number of pyridine rings is 1. The molecule has 0 amide bonds. The van der Waals surface area contributed by atoms with Gasteiger partial charge in [-0.2, -0.15) is 5.26 Å². The normalized spacial score (nSPS) is 15.3. The lowest BCUT2D eigenvalue weighted by Gasteiger charge is -2.40. The van der Waals surface area contributed by atoms with Gasteiger partial charge in [-0.1, -0.05) is 28.4 Å². The van der Waals surface area contributed by atoms with Gasteiger partial charge >= 0.3 is 0 Å². The Morgan fingerprint density at radius 1 is 1.07 bits per heavy atom. The maximum Gasteiger partial charge on any atom is 0.141 e. The summed E-state index contributed by atoms with van der Waals surface area (Å²) in [5, 5.41) is 28.7. The van der Waals surface area contributed by atoms with E-state index in [1.54, 1.807) is 17.6 Å². The van der Waals surface area contributed by atoms with Gasteiger partial charge in [0.15, 0.2) is 0 Å². The van der Waals surface area contributed by atoms with Gasteiger partial charge in [0.1, 0.15) is 23.6 Å². The Bertz CT molecular complexity index is 1840. The van der Waals surface area contributed by atoms with E-state index in [1.165, 1.54) is 29.7 Å². The van der Waals surface area contributed by atoms with Gasteiger partial charge in [-0.15, -0.1) is 16.4 Å². The molecule has 1 atom stereocenters. The van der Waals surface area contributed by atoms with E-state index in [9.17, 15) is 9.65 Å². The van der Waals surface area contributed by atoms with Crippen LogP contribution in [0.25, 0.3) is 10.9 Å². The third-order valence-electron chi connectivity index (χ3n) is 7.90. The van der Waals surface area contributed by atoms with Crippen molar-refractivity contribution in [3.05, 3.63) is 86.4 Å². The van der Waals surface area contributed by atoms with E-state index in [-0.39, 0.29) is 16.6 Å². The minimum Gasteiger partial charge on any atom is -0.371 e. The Morgan fingerprint density at radius 3 is 2.52 bits per heavy atom. The van der Waals surface area contributed by atoms with Gasteiger partial charge in [0, 0.05) is 47.0 Å². The minimum atomic E-state index is -0.535. The summed E-state index contributed by atoms with van der Waals surface area (Å²) in [5.41, 5.74) is 5.91. The van der Waals surface area contributed by atoms with Crippen LogP contribution < -0.4 is 10.6 Å². The fraction of sp³-hybridized carbons (Fsp3) is 0.323. The van der Waals surface area contributed by atoms with E-state index < -0.39 is 11.9 Å². The van der Waals surface area contributed by atoms with Crippen LogP contribution >= 0.6 is 34.5 Å². The largest absolute Gasteiger partial charge is 0.371 e. The average Bonchev–Trinajstić information content (AvgIpc) is 3.71. The predicted molar refractivity (Wildman–Crippen MR) is 173 cm³/mol. The van der Waals surface area contributed by atoms with Crippen LogP contribution in [0, 0.1) is 17.1 Å². The van der Waals surface area contributed by atoms with E-state index in [0.717, 1.165) is 37.3 Å². The molecule has 0 aliphatic carbocycles. The molecule has 0 unspecified atom stereocenters. The first-order valence-electron chi connectivity index (χ1n) is 14.2. The molecule has 13 heteroatoms. The molecule has 0 radical (unpaired) electrons. The molecule has 0 bridgehead atoms. The third kappa shape index (κ3) is 6.21. The van der Waals surface area contributed by atoms with Gasteiger partial charge in [0.25, 0.3) is 0 Å². The number of rotatable bonds is 7. The molecule has 1 fully saturated rings. The quantitative estimate of drug-likeness (QED) is 0.183. The van der Waals surface area contributed by atoms with Crippen molar-refractivity contribution in [1.29, 1.82) is 5.26 Å². The number of hydrogen-bond acceptors (Lipinski definition) is 9. The van der Waals surface area contributed by atoms with Crippen molar-refractivity contribution in [2.24, 2.45) is 0 Å². The topological polar surface area (TPSA) is 108 Å². The lowest BCUT2D eigenvalue weighted by Crippen LogP contribution is -2.46. The Kier molecular flexibility index (Phi) is 8.44. The Morgan fingerprint density at radius 2 is 1.84 bits per heavy atom. The fourth-order valence-electron chi connectivity index (χ4n) is 5.51. The van der Waals surface area contributed by atoms with E-state index in [1.807, 2.05) is 22.3 Å². The molecule has 226 valence electrons. The third-order valence-corrected chi connectivity index (χ3v) is 9.09. The number of nitriles is 1. The summed E-state index contributed by atoms with van der Waals surface area (Å²) in [6.07, 6.45) is 5.45. The van der Waals surface area contributed by atoms with Gasteiger partial charge in [0.2, 0.25) is 0 Å². The number of likely N-dealkylation sites (tertiary alicyclic amines) is 1. The molecule has 0 saturated carbocycles. The zero-order valence-electron chi connectivity index (χ0n) is 24.4. The van der Waals surface area contributed by atoms with Crippen LogP contribution in [0.1, 0.15) is 62.6 Å². The molecular weight excluding hydrogens is 620 g/mol. The number of halogens is 3. The number of thiazole rings is 1. The zero-order valence-corrected chi connectivity index (χ0v) is 26.7. The maximum absolute atomic E-state index is 13.8. The summed E-state index contributed by atoms with van der Waals surface area (Å²) in [6, 6.07) is 9.97. The minimum absolute atomic E-state index is 0.0360. The van der Waals surface area contributed by atoms with Crippen molar-refractivity contribution < 1.29 is 4.39 Å². The number of piperidine rings is 1. The van der Waals surface area contributed by atoms with Crippen LogP contribution in [0.3, 0.4) is 0 Å². The summed E-state index contributed by atoms with van der Waals surface area (Å²) < 4.78 is 15.8. The lowest BCUT2D eigenvalue weighted by atomic mass is 9.98. The number of aromatic nitrogens is 5. The smallest absolute Gasteiger partial charge is 0.141 e. The van der Waals surface area contributed by atoms with Crippen molar-refractivity contribution in [1.82, 2.24) is 29.9 Å². The van der Waals surface area contributed by atoms with E-state index >= 15 is 0 Å². The van der Waals surface area contributed by atoms with Crippen LogP contribution in [-0.2, 0) is 0 Å². The number of fused-ring (bicyclic) bond motifs is 1. The van der Waals surface area contributed by atoms with Crippen molar-refractivity contribution in [3.8, 4) is 6.07 Å². The van der Waals surface area contributed by atoms with Gasteiger partial charge in [-0.25, -0.2) is 14.1 Å². The molecule has 0 spiro atoms. The first-order valence-corrected chi connectivity index (χ1v) is 15.9. The summed E-state index contributed by atoms with van der Waals surface area (Å²) in [7, 11) is 0. The summed E-state index contributed by atoms with van der Waals surface area (Å²) in [5.74, 6) is -0.535. The number of anilines is 3. The van der Waals surface area contributed by atoms with Crippen LogP contribution in [-0.4, -0.2) is 48.5 Å². The maximum atomic E-state index is 13.8. The molecule has 5 aromatic rings. The monoisotopic (exact) mass is 649 g/mol. The van der Waals surface area contributed by atoms with E-state index in [0.29, 0.717) is 38.6 Å². The number of hydrogen-bond donors (Lipinski definition) is 2. The van der Waals surface area contributed by atoms with Crippen LogP contribution in [0.2, 0.25) is 10.0 Å². The SMILES string of the molecule is CC(C)(C)N1CCC(n2cc([C@@H](Nc3cc(Cl)c4ncc(C#N)c(Nc5ccc(F)c(Cl)c5)c4c3)c3cscn3)nn2)CC1. The molecule has 2 aromatic carbocycles. The van der Waals surface area contributed by atoms with Gasteiger partial charge in [-0.05, 0) is 63.9 Å². The highest BCUT2D eigenvalue weighted by Gasteiger charge is 2.29. The highest BCUT2D eigenvalue weighted by atomic mass is 35.5. The van der Waals surface area contributed by atoms with Crippen molar-refractivity contribution in [2.45, 2.75) is 51.2 Å². The van der Waals surface area contributed by atoms with Crippen molar-refractivity contribution in [2.75, 3.05) is 23.7 Å². The Balaban J connectivity index is 1.33. The second-order valence-corrected chi connectivity index (χ2v) is 13.3. The average molecular weight is 651 g/mol. The molecule has 44 heavy (non-hydrogen) atoms. The first-order chi connectivity index (χ1) is 21.1. The summed E-state index contributed by atoms with van der Waals surface area (Å²) >= 11 is 14.3. The van der Waals surface area contributed by atoms with Gasteiger partial charge in [0.05, 0.1) is 50.3 Å². The van der Waals surface area contributed by atoms with Gasteiger partial charge in [-0.3, -0.25) is 9.88 Å². The fourth-order valence-corrected chi connectivity index (χ4v) is 6.54. The Labute approximate surface area is 268 Å². The van der Waals surface area contributed by atoms with Crippen LogP contribution in [0.4, 0.5) is 21.5 Å². The molecule has 6 rings (SSSR count). The molecule has 1 aliphatic heterocycles. The van der Waals surface area contributed by atoms with Gasteiger partial charge < -0.3 is 10.6 Å². The second-order valence-electron chi connectivity index (χ2n) is 11.8. The van der Waals surface area contributed by atoms with Crippen molar-refractivity contribution >= 4 is 62.5 Å². The van der Waals surface area contributed by atoms with Crippen LogP contribution in [0.15, 0.2) is 53.6 Å². The number of nitrogens with one attached hydrogen (secondary N) is 2. The number of nitrogens with zero attached hydrogens (tertiary/aromatic N) is 7. The van der Waals surface area contributed by atoms with E-state index in [2.05, 4.69) is 62.7 Å².